The van der Waals surface area contributed by atoms with E-state index in [9.17, 15) is 9.59 Å². The number of hydrogen-bond acceptors (Lipinski definition) is 6. The zero-order valence-corrected chi connectivity index (χ0v) is 13.3. The molecule has 124 valence electrons. The number of aliphatic hydroxyl groups is 1. The molecule has 0 spiro atoms. The maximum atomic E-state index is 11.5. The van der Waals surface area contributed by atoms with Crippen LogP contribution in [0, 0.1) is 0 Å². The molecule has 0 unspecified atom stereocenters. The van der Waals surface area contributed by atoms with Crippen molar-refractivity contribution in [2.75, 3.05) is 40.0 Å². The van der Waals surface area contributed by atoms with E-state index in [1.807, 2.05) is 18.9 Å². The zero-order chi connectivity index (χ0) is 15.9. The predicted molar refractivity (Wildman–Crippen MR) is 79.9 cm³/mol. The highest BCUT2D eigenvalue weighted by Crippen LogP contribution is 1.98. The van der Waals surface area contributed by atoms with Crippen molar-refractivity contribution < 1.29 is 24.2 Å². The Kier molecular flexibility index (Phi) is 13.1. The molecular weight excluding hydrogens is 274 g/mol. The molecule has 0 atom stereocenters. The summed E-state index contributed by atoms with van der Waals surface area (Å²) in [6.45, 7) is 4.25. The first-order valence-corrected chi connectivity index (χ1v) is 7.70. The predicted octanol–water partition coefficient (Wildman–Crippen LogP) is 1.36. The first-order valence-electron chi connectivity index (χ1n) is 7.70. The minimum atomic E-state index is -0.214. The molecule has 0 bridgehead atoms. The number of unbranched alkanes of at least 4 members (excludes halogenated alkanes) is 1. The van der Waals surface area contributed by atoms with Crippen molar-refractivity contribution in [2.24, 2.45) is 0 Å². The van der Waals surface area contributed by atoms with E-state index in [1.54, 1.807) is 0 Å². The summed E-state index contributed by atoms with van der Waals surface area (Å²) in [6.07, 6.45) is 3.72. The molecule has 21 heavy (non-hydrogen) atoms. The molecule has 0 aromatic heterocycles. The summed E-state index contributed by atoms with van der Waals surface area (Å²) in [6, 6.07) is 0. The van der Waals surface area contributed by atoms with Crippen molar-refractivity contribution in [1.29, 1.82) is 0 Å². The number of hydrogen-bond donors (Lipinski definition) is 1. The van der Waals surface area contributed by atoms with Crippen LogP contribution in [0.2, 0.25) is 0 Å². The molecule has 1 N–H and O–H groups in total. The summed E-state index contributed by atoms with van der Waals surface area (Å²) in [7, 11) is 1.91. The molecule has 0 aliphatic heterocycles. The van der Waals surface area contributed by atoms with Crippen LogP contribution in [0.5, 0.6) is 0 Å². The van der Waals surface area contributed by atoms with Gasteiger partial charge in [-0.05, 0) is 32.7 Å². The van der Waals surface area contributed by atoms with Crippen LogP contribution in [0.1, 0.15) is 45.4 Å². The lowest BCUT2D eigenvalue weighted by Gasteiger charge is -2.15. The molecule has 0 amide bonds. The Bertz CT molecular complexity index is 283. The minimum absolute atomic E-state index is 0.164. The number of nitrogens with zero attached hydrogens (tertiary/aromatic N) is 1. The number of aliphatic hydroxyl groups excluding tert-OH is 1. The van der Waals surface area contributed by atoms with E-state index in [0.717, 1.165) is 13.0 Å². The van der Waals surface area contributed by atoms with Gasteiger partial charge in [0.1, 0.15) is 0 Å². The van der Waals surface area contributed by atoms with Gasteiger partial charge in [0.25, 0.3) is 0 Å². The molecular formula is C15H29NO5. The topological polar surface area (TPSA) is 76.1 Å². The van der Waals surface area contributed by atoms with E-state index in [4.69, 9.17) is 14.6 Å². The zero-order valence-electron chi connectivity index (χ0n) is 13.3. The molecule has 0 saturated carbocycles. The Hall–Kier alpha value is -1.14. The minimum Gasteiger partial charge on any atom is -0.466 e. The lowest BCUT2D eigenvalue weighted by atomic mass is 10.3. The summed E-state index contributed by atoms with van der Waals surface area (Å²) in [5.74, 6) is -0.380. The first-order chi connectivity index (χ1) is 10.1. The molecule has 6 heteroatoms. The number of carbonyl (C=O) groups is 2. The lowest BCUT2D eigenvalue weighted by Crippen LogP contribution is -2.24. The lowest BCUT2D eigenvalue weighted by molar-refractivity contribution is -0.146. The van der Waals surface area contributed by atoms with E-state index in [0.29, 0.717) is 51.9 Å². The van der Waals surface area contributed by atoms with E-state index < -0.39 is 0 Å². The van der Waals surface area contributed by atoms with Gasteiger partial charge in [-0.2, -0.15) is 0 Å². The van der Waals surface area contributed by atoms with Gasteiger partial charge in [-0.15, -0.1) is 0 Å². The highest BCUT2D eigenvalue weighted by molar-refractivity contribution is 5.69. The van der Waals surface area contributed by atoms with Crippen molar-refractivity contribution >= 4 is 11.9 Å². The van der Waals surface area contributed by atoms with Crippen LogP contribution in [0.3, 0.4) is 0 Å². The third-order valence-corrected chi connectivity index (χ3v) is 2.91. The fourth-order valence-corrected chi connectivity index (χ4v) is 1.66. The van der Waals surface area contributed by atoms with Gasteiger partial charge in [0, 0.05) is 26.1 Å². The second-order valence-corrected chi connectivity index (χ2v) is 5.03. The van der Waals surface area contributed by atoms with E-state index in [1.165, 1.54) is 0 Å². The Balaban J connectivity index is 3.39. The Labute approximate surface area is 127 Å². The molecule has 0 aliphatic rings. The average Bonchev–Trinajstić information content (AvgIpc) is 2.46. The quantitative estimate of drug-likeness (QED) is 0.409. The van der Waals surface area contributed by atoms with Crippen molar-refractivity contribution in [3.63, 3.8) is 0 Å². The van der Waals surface area contributed by atoms with Crippen LogP contribution in [-0.2, 0) is 19.1 Å². The Morgan fingerprint density at radius 2 is 1.52 bits per heavy atom. The molecule has 0 saturated heterocycles. The summed E-state index contributed by atoms with van der Waals surface area (Å²) in [4.78, 5) is 24.5. The fourth-order valence-electron chi connectivity index (χ4n) is 1.66. The number of carbonyl (C=O) groups excluding carboxylic acids is 2. The van der Waals surface area contributed by atoms with Gasteiger partial charge >= 0.3 is 11.9 Å². The fraction of sp³-hybridized carbons (Fsp3) is 0.867. The summed E-state index contributed by atoms with van der Waals surface area (Å²) in [5.41, 5.74) is 0. The van der Waals surface area contributed by atoms with E-state index >= 15 is 0 Å². The highest BCUT2D eigenvalue weighted by atomic mass is 16.5. The van der Waals surface area contributed by atoms with Gasteiger partial charge in [-0.1, -0.05) is 6.92 Å². The van der Waals surface area contributed by atoms with Crippen LogP contribution < -0.4 is 0 Å². The van der Waals surface area contributed by atoms with Gasteiger partial charge in [0.2, 0.25) is 0 Å². The van der Waals surface area contributed by atoms with Gasteiger partial charge in [0.05, 0.1) is 19.6 Å². The number of rotatable bonds is 13. The molecule has 0 rings (SSSR count). The Morgan fingerprint density at radius 3 is 2.05 bits per heavy atom. The van der Waals surface area contributed by atoms with Gasteiger partial charge in [0.15, 0.2) is 0 Å². The smallest absolute Gasteiger partial charge is 0.307 e. The van der Waals surface area contributed by atoms with E-state index in [-0.39, 0.29) is 18.5 Å². The van der Waals surface area contributed by atoms with Crippen molar-refractivity contribution in [3.05, 3.63) is 0 Å². The maximum absolute atomic E-state index is 11.5. The van der Waals surface area contributed by atoms with Crippen molar-refractivity contribution in [3.8, 4) is 0 Å². The van der Waals surface area contributed by atoms with Crippen LogP contribution in [0.15, 0.2) is 0 Å². The van der Waals surface area contributed by atoms with Gasteiger partial charge < -0.3 is 19.5 Å². The Morgan fingerprint density at radius 1 is 0.952 bits per heavy atom. The van der Waals surface area contributed by atoms with Crippen LogP contribution in [0.4, 0.5) is 0 Å². The third kappa shape index (κ3) is 13.6. The maximum Gasteiger partial charge on any atom is 0.307 e. The molecule has 0 fully saturated rings. The molecule has 0 aliphatic carbocycles. The second-order valence-electron chi connectivity index (χ2n) is 5.03. The normalized spacial score (nSPS) is 10.7. The van der Waals surface area contributed by atoms with Crippen LogP contribution >= 0.6 is 0 Å². The monoisotopic (exact) mass is 303 g/mol. The summed E-state index contributed by atoms with van der Waals surface area (Å²) < 4.78 is 10.1. The largest absolute Gasteiger partial charge is 0.466 e. The molecule has 0 aromatic carbocycles. The first kappa shape index (κ1) is 19.9. The molecule has 6 nitrogen and oxygen atoms in total. The van der Waals surface area contributed by atoms with Gasteiger partial charge in [-0.3, -0.25) is 9.59 Å². The second kappa shape index (κ2) is 13.8. The SMILES string of the molecule is CCCC(=O)OCCCCOC(=O)CCN(C)CCCO. The molecule has 0 aromatic rings. The van der Waals surface area contributed by atoms with Crippen molar-refractivity contribution in [2.45, 2.75) is 45.4 Å². The third-order valence-electron chi connectivity index (χ3n) is 2.91. The highest BCUT2D eigenvalue weighted by Gasteiger charge is 2.06. The van der Waals surface area contributed by atoms with E-state index in [2.05, 4.69) is 0 Å². The summed E-state index contributed by atoms with van der Waals surface area (Å²) in [5, 5.41) is 8.69. The number of esters is 2. The van der Waals surface area contributed by atoms with Crippen LogP contribution in [-0.4, -0.2) is 61.9 Å². The van der Waals surface area contributed by atoms with Crippen LogP contribution in [0.25, 0.3) is 0 Å². The number of ether oxygens (including phenoxy) is 2. The molecule has 0 heterocycles. The summed E-state index contributed by atoms with van der Waals surface area (Å²) >= 11 is 0. The van der Waals surface area contributed by atoms with Gasteiger partial charge in [-0.25, -0.2) is 0 Å². The standard InChI is InChI=1S/C15H29NO5/c1-3-7-14(18)20-12-4-5-13-21-15(19)8-10-16(2)9-6-11-17/h17H,3-13H2,1-2H3. The van der Waals surface area contributed by atoms with Crippen molar-refractivity contribution in [1.82, 2.24) is 4.90 Å². The average molecular weight is 303 g/mol. The molecule has 0 radical (unpaired) electrons.